The van der Waals surface area contributed by atoms with Crippen LogP contribution in [-0.4, -0.2) is 22.0 Å². The molecule has 2 atom stereocenters. The first-order chi connectivity index (χ1) is 4.28. The average molecular weight is 141 g/mol. The van der Waals surface area contributed by atoms with Crippen molar-refractivity contribution in [1.82, 2.24) is 4.90 Å². The lowest BCUT2D eigenvalue weighted by atomic mass is 10.1. The summed E-state index contributed by atoms with van der Waals surface area (Å²) in [6.45, 7) is 13.7. The maximum atomic E-state index is 2.54. The number of hydrogen-bond acceptors (Lipinski definition) is 1. The van der Waals surface area contributed by atoms with Crippen LogP contribution in [-0.2, 0) is 0 Å². The maximum absolute atomic E-state index is 2.54. The molecule has 1 nitrogen and oxygen atoms in total. The van der Waals surface area contributed by atoms with Gasteiger partial charge in [-0.25, -0.2) is 0 Å². The molecule has 1 heteroatoms. The third-order valence-electron chi connectivity index (χ3n) is 2.69. The lowest BCUT2D eigenvalue weighted by Crippen LogP contribution is -2.30. The summed E-state index contributed by atoms with van der Waals surface area (Å²) in [5.74, 6) is 0. The minimum atomic E-state index is 0.350. The molecule has 0 amide bonds. The Bertz CT molecular complexity index is 131. The molecule has 1 aliphatic heterocycles. The largest absolute Gasteiger partial charge is 0.287 e. The minimum absolute atomic E-state index is 0.350. The summed E-state index contributed by atoms with van der Waals surface area (Å²) in [4.78, 5) is 2.54. The quantitative estimate of drug-likeness (QED) is 0.468. The zero-order valence-electron chi connectivity index (χ0n) is 8.02. The van der Waals surface area contributed by atoms with Crippen LogP contribution in [0.15, 0.2) is 0 Å². The van der Waals surface area contributed by atoms with Crippen molar-refractivity contribution in [3.05, 3.63) is 0 Å². The molecule has 0 aliphatic carbocycles. The average Bonchev–Trinajstić information content (AvgIpc) is 2.03. The SMILES string of the molecule is CC1N(C(C)(C)C)C1(C)C. The molecule has 0 saturated carbocycles. The second-order valence-electron chi connectivity index (χ2n) is 4.87. The second kappa shape index (κ2) is 1.76. The van der Waals surface area contributed by atoms with Crippen molar-refractivity contribution in [2.45, 2.75) is 58.7 Å². The first-order valence-corrected chi connectivity index (χ1v) is 4.07. The molecule has 0 radical (unpaired) electrons. The predicted molar refractivity (Wildman–Crippen MR) is 45.1 cm³/mol. The van der Waals surface area contributed by atoms with Crippen molar-refractivity contribution in [1.29, 1.82) is 0 Å². The van der Waals surface area contributed by atoms with Gasteiger partial charge in [-0.05, 0) is 41.5 Å². The molecule has 10 heavy (non-hydrogen) atoms. The van der Waals surface area contributed by atoms with Gasteiger partial charge in [0.1, 0.15) is 0 Å². The Hall–Kier alpha value is -0.0400. The van der Waals surface area contributed by atoms with Gasteiger partial charge in [0, 0.05) is 17.1 Å². The van der Waals surface area contributed by atoms with Gasteiger partial charge in [-0.2, -0.15) is 0 Å². The summed E-state index contributed by atoms with van der Waals surface area (Å²) in [5, 5.41) is 0. The highest BCUT2D eigenvalue weighted by Crippen LogP contribution is 2.45. The molecule has 0 aromatic heterocycles. The standard InChI is InChI=1S/C9H19N/c1-7-9(5,6)10(7)8(2,3)4/h7H,1-6H3. The Morgan fingerprint density at radius 1 is 1.20 bits per heavy atom. The van der Waals surface area contributed by atoms with E-state index in [0.717, 1.165) is 6.04 Å². The summed E-state index contributed by atoms with van der Waals surface area (Å²) < 4.78 is 0. The Morgan fingerprint density at radius 2 is 1.50 bits per heavy atom. The fourth-order valence-electron chi connectivity index (χ4n) is 2.13. The molecule has 1 fully saturated rings. The van der Waals surface area contributed by atoms with E-state index in [4.69, 9.17) is 0 Å². The van der Waals surface area contributed by atoms with Crippen LogP contribution >= 0.6 is 0 Å². The molecule has 1 rings (SSSR count). The van der Waals surface area contributed by atoms with Gasteiger partial charge in [0.25, 0.3) is 0 Å². The van der Waals surface area contributed by atoms with E-state index in [-0.39, 0.29) is 0 Å². The van der Waals surface area contributed by atoms with E-state index in [1.807, 2.05) is 0 Å². The molecule has 2 unspecified atom stereocenters. The summed E-state index contributed by atoms with van der Waals surface area (Å²) >= 11 is 0. The summed E-state index contributed by atoms with van der Waals surface area (Å²) in [5.41, 5.74) is 0.793. The van der Waals surface area contributed by atoms with E-state index in [1.165, 1.54) is 0 Å². The van der Waals surface area contributed by atoms with E-state index >= 15 is 0 Å². The molecule has 0 spiro atoms. The van der Waals surface area contributed by atoms with Crippen LogP contribution in [0.2, 0.25) is 0 Å². The Morgan fingerprint density at radius 3 is 1.50 bits per heavy atom. The molecular formula is C9H19N. The lowest BCUT2D eigenvalue weighted by Gasteiger charge is -2.23. The van der Waals surface area contributed by atoms with E-state index in [0.29, 0.717) is 11.1 Å². The molecule has 1 heterocycles. The van der Waals surface area contributed by atoms with E-state index in [9.17, 15) is 0 Å². The second-order valence-corrected chi connectivity index (χ2v) is 4.87. The summed E-state index contributed by atoms with van der Waals surface area (Å²) in [7, 11) is 0. The highest BCUT2D eigenvalue weighted by molar-refractivity contribution is 5.13. The van der Waals surface area contributed by atoms with Gasteiger partial charge in [-0.3, -0.25) is 4.90 Å². The first kappa shape index (κ1) is 8.06. The Kier molecular flexibility index (Phi) is 1.42. The van der Waals surface area contributed by atoms with Crippen LogP contribution in [0.5, 0.6) is 0 Å². The van der Waals surface area contributed by atoms with Gasteiger partial charge < -0.3 is 0 Å². The smallest absolute Gasteiger partial charge is 0.0315 e. The molecule has 1 aliphatic rings. The first-order valence-electron chi connectivity index (χ1n) is 4.07. The van der Waals surface area contributed by atoms with E-state index in [1.54, 1.807) is 0 Å². The van der Waals surface area contributed by atoms with Gasteiger partial charge in [-0.1, -0.05) is 0 Å². The van der Waals surface area contributed by atoms with Crippen LogP contribution in [0.25, 0.3) is 0 Å². The zero-order chi connectivity index (χ0) is 8.15. The van der Waals surface area contributed by atoms with Crippen molar-refractivity contribution >= 4 is 0 Å². The van der Waals surface area contributed by atoms with Crippen molar-refractivity contribution in [2.24, 2.45) is 0 Å². The predicted octanol–water partition coefficient (Wildman–Crippen LogP) is 2.27. The van der Waals surface area contributed by atoms with Crippen LogP contribution in [0.3, 0.4) is 0 Å². The van der Waals surface area contributed by atoms with E-state index in [2.05, 4.69) is 46.4 Å². The van der Waals surface area contributed by atoms with Crippen molar-refractivity contribution in [2.75, 3.05) is 0 Å². The van der Waals surface area contributed by atoms with Gasteiger partial charge in [0.05, 0.1) is 0 Å². The topological polar surface area (TPSA) is 3.01 Å². The van der Waals surface area contributed by atoms with Crippen molar-refractivity contribution < 1.29 is 0 Å². The molecule has 0 aromatic carbocycles. The van der Waals surface area contributed by atoms with Crippen LogP contribution in [0.1, 0.15) is 41.5 Å². The Labute approximate surface area is 64.4 Å². The van der Waals surface area contributed by atoms with Crippen LogP contribution in [0.4, 0.5) is 0 Å². The third kappa shape index (κ3) is 0.968. The van der Waals surface area contributed by atoms with E-state index < -0.39 is 0 Å². The molecular weight excluding hydrogens is 122 g/mol. The van der Waals surface area contributed by atoms with Gasteiger partial charge in [0.15, 0.2) is 0 Å². The normalized spacial score (nSPS) is 37.8. The zero-order valence-corrected chi connectivity index (χ0v) is 8.02. The fraction of sp³-hybridized carbons (Fsp3) is 1.00. The summed E-state index contributed by atoms with van der Waals surface area (Å²) in [6, 6.07) is 0.757. The number of rotatable bonds is 0. The van der Waals surface area contributed by atoms with Gasteiger partial charge >= 0.3 is 0 Å². The van der Waals surface area contributed by atoms with Gasteiger partial charge in [0.2, 0.25) is 0 Å². The summed E-state index contributed by atoms with van der Waals surface area (Å²) in [6.07, 6.45) is 0. The highest BCUT2D eigenvalue weighted by atomic mass is 15.4. The van der Waals surface area contributed by atoms with Crippen molar-refractivity contribution in [3.63, 3.8) is 0 Å². The fourth-order valence-corrected chi connectivity index (χ4v) is 2.13. The monoisotopic (exact) mass is 141 g/mol. The molecule has 60 valence electrons. The number of nitrogens with zero attached hydrogens (tertiary/aromatic N) is 1. The van der Waals surface area contributed by atoms with Crippen LogP contribution in [0, 0.1) is 0 Å². The Balaban J connectivity index is 2.66. The molecule has 0 N–H and O–H groups in total. The highest BCUT2D eigenvalue weighted by Gasteiger charge is 2.56. The van der Waals surface area contributed by atoms with Gasteiger partial charge in [-0.15, -0.1) is 0 Å². The molecule has 1 saturated heterocycles. The lowest BCUT2D eigenvalue weighted by molar-refractivity contribution is 0.249. The molecule has 0 bridgehead atoms. The third-order valence-corrected chi connectivity index (χ3v) is 2.69. The maximum Gasteiger partial charge on any atom is 0.0315 e. The van der Waals surface area contributed by atoms with Crippen LogP contribution < -0.4 is 0 Å². The number of hydrogen-bond donors (Lipinski definition) is 0. The molecule has 0 aromatic rings. The minimum Gasteiger partial charge on any atom is -0.287 e. The van der Waals surface area contributed by atoms with Crippen molar-refractivity contribution in [3.8, 4) is 0 Å².